The number of hydrogen-bond acceptors (Lipinski definition) is 6. The third kappa shape index (κ3) is 6.68. The number of carbonyl (C=O) groups excluding carboxylic acids is 3. The van der Waals surface area contributed by atoms with Gasteiger partial charge in [-0.25, -0.2) is 0 Å². The van der Waals surface area contributed by atoms with E-state index in [9.17, 15) is 14.4 Å². The molecule has 0 saturated carbocycles. The second-order valence-corrected chi connectivity index (χ2v) is 8.93. The molecule has 0 bridgehead atoms. The third-order valence-electron chi connectivity index (χ3n) is 6.29. The Morgan fingerprint density at radius 3 is 2.06 bits per heavy atom. The van der Waals surface area contributed by atoms with Crippen molar-refractivity contribution in [1.82, 2.24) is 15.5 Å². The minimum absolute atomic E-state index is 0.0873. The number of ether oxygens (including phenoxy) is 3. The van der Waals surface area contributed by atoms with Gasteiger partial charge in [-0.1, -0.05) is 29.8 Å². The maximum Gasteiger partial charge on any atom is 0.254 e. The van der Waals surface area contributed by atoms with Crippen LogP contribution in [0.4, 0.5) is 0 Å². The molecular weight excluding hydrogens is 462 g/mol. The lowest BCUT2D eigenvalue weighted by Gasteiger charge is -2.33. The standard InChI is InChI=1S/C27H35N3O6/c1-17-6-8-19(9-7-17)14-22(28-18(2)31)26(32)29-21-10-12-30(13-11-21)27(33)20-15-23(34-3)25(36-5)24(16-20)35-4/h6-9,15-16,21-22H,10-14H2,1-5H3,(H,28,31)(H,29,32)/t22-/m0/s1. The fourth-order valence-corrected chi connectivity index (χ4v) is 4.33. The maximum atomic E-state index is 13.2. The average molecular weight is 498 g/mol. The van der Waals surface area contributed by atoms with Gasteiger partial charge in [0.15, 0.2) is 11.5 Å². The molecule has 1 atom stereocenters. The fraction of sp³-hybridized carbons (Fsp3) is 0.444. The van der Waals surface area contributed by atoms with Crippen LogP contribution in [0.5, 0.6) is 17.2 Å². The number of methoxy groups -OCH3 is 3. The summed E-state index contributed by atoms with van der Waals surface area (Å²) in [5.74, 6) is 0.639. The number of amides is 3. The lowest BCUT2D eigenvalue weighted by molar-refractivity contribution is -0.128. The van der Waals surface area contributed by atoms with E-state index in [1.165, 1.54) is 28.3 Å². The van der Waals surface area contributed by atoms with Crippen molar-refractivity contribution in [3.8, 4) is 17.2 Å². The zero-order chi connectivity index (χ0) is 26.2. The van der Waals surface area contributed by atoms with Crippen molar-refractivity contribution in [2.75, 3.05) is 34.4 Å². The molecule has 0 unspecified atom stereocenters. The lowest BCUT2D eigenvalue weighted by atomic mass is 10.0. The van der Waals surface area contributed by atoms with Crippen molar-refractivity contribution in [2.24, 2.45) is 0 Å². The topological polar surface area (TPSA) is 106 Å². The molecule has 2 N–H and O–H groups in total. The average Bonchev–Trinajstić information content (AvgIpc) is 2.88. The second kappa shape index (κ2) is 12.3. The first-order chi connectivity index (χ1) is 17.2. The van der Waals surface area contributed by atoms with Crippen molar-refractivity contribution < 1.29 is 28.6 Å². The van der Waals surface area contributed by atoms with Crippen molar-refractivity contribution in [3.05, 3.63) is 53.1 Å². The smallest absolute Gasteiger partial charge is 0.254 e. The molecule has 0 spiro atoms. The second-order valence-electron chi connectivity index (χ2n) is 8.93. The normalized spacial score (nSPS) is 14.5. The molecule has 0 radical (unpaired) electrons. The number of nitrogens with one attached hydrogen (secondary N) is 2. The highest BCUT2D eigenvalue weighted by atomic mass is 16.5. The molecule has 2 aromatic rings. The first-order valence-electron chi connectivity index (χ1n) is 12.0. The van der Waals surface area contributed by atoms with Crippen molar-refractivity contribution in [1.29, 1.82) is 0 Å². The molecule has 1 aliphatic heterocycles. The van der Waals surface area contributed by atoms with Crippen LogP contribution in [0.3, 0.4) is 0 Å². The van der Waals surface area contributed by atoms with Gasteiger partial charge in [0.2, 0.25) is 17.6 Å². The van der Waals surface area contributed by atoms with Crippen molar-refractivity contribution >= 4 is 17.7 Å². The molecular formula is C27H35N3O6. The van der Waals surface area contributed by atoms with Crippen LogP contribution in [-0.4, -0.2) is 69.1 Å². The first-order valence-corrected chi connectivity index (χ1v) is 12.0. The summed E-state index contributed by atoms with van der Waals surface area (Å²) in [5.41, 5.74) is 2.54. The Balaban J connectivity index is 1.61. The Labute approximate surface area is 212 Å². The number of carbonyl (C=O) groups is 3. The molecule has 0 aliphatic carbocycles. The SMILES string of the molecule is COc1cc(C(=O)N2CCC(NC(=O)[C@H](Cc3ccc(C)cc3)NC(C)=O)CC2)cc(OC)c1OC. The molecule has 1 aliphatic rings. The Kier molecular flexibility index (Phi) is 9.16. The number of benzene rings is 2. The van der Waals surface area contributed by atoms with E-state index in [1.807, 2.05) is 31.2 Å². The van der Waals surface area contributed by atoms with Gasteiger partial charge in [0, 0.05) is 38.0 Å². The molecule has 1 saturated heterocycles. The number of aryl methyl sites for hydroxylation is 1. The molecule has 1 heterocycles. The van der Waals surface area contributed by atoms with Gasteiger partial charge in [-0.3, -0.25) is 14.4 Å². The number of likely N-dealkylation sites (tertiary alicyclic amines) is 1. The fourth-order valence-electron chi connectivity index (χ4n) is 4.33. The molecule has 36 heavy (non-hydrogen) atoms. The molecule has 3 rings (SSSR count). The summed E-state index contributed by atoms with van der Waals surface area (Å²) >= 11 is 0. The van der Waals surface area contributed by atoms with Crippen LogP contribution in [-0.2, 0) is 16.0 Å². The van der Waals surface area contributed by atoms with E-state index in [0.717, 1.165) is 11.1 Å². The minimum Gasteiger partial charge on any atom is -0.493 e. The Bertz CT molecular complexity index is 1050. The Hall–Kier alpha value is -3.75. The first kappa shape index (κ1) is 26.8. The molecule has 194 valence electrons. The summed E-state index contributed by atoms with van der Waals surface area (Å²) in [4.78, 5) is 39.6. The Morgan fingerprint density at radius 2 is 1.56 bits per heavy atom. The van der Waals surface area contributed by atoms with Gasteiger partial charge in [-0.2, -0.15) is 0 Å². The number of rotatable bonds is 9. The van der Waals surface area contributed by atoms with Crippen LogP contribution in [0.15, 0.2) is 36.4 Å². The summed E-state index contributed by atoms with van der Waals surface area (Å²) in [6.07, 6.45) is 1.63. The summed E-state index contributed by atoms with van der Waals surface area (Å²) in [5, 5.41) is 5.82. The van der Waals surface area contributed by atoms with Crippen LogP contribution >= 0.6 is 0 Å². The zero-order valence-electron chi connectivity index (χ0n) is 21.6. The number of hydrogen-bond donors (Lipinski definition) is 2. The summed E-state index contributed by atoms with van der Waals surface area (Å²) in [6, 6.07) is 10.4. The van der Waals surface area contributed by atoms with Crippen LogP contribution in [0.2, 0.25) is 0 Å². The molecule has 2 aromatic carbocycles. The van der Waals surface area contributed by atoms with E-state index in [1.54, 1.807) is 17.0 Å². The van der Waals surface area contributed by atoms with Crippen molar-refractivity contribution in [3.63, 3.8) is 0 Å². The van der Waals surface area contributed by atoms with Gasteiger partial charge in [-0.15, -0.1) is 0 Å². The highest BCUT2D eigenvalue weighted by Gasteiger charge is 2.28. The van der Waals surface area contributed by atoms with E-state index in [0.29, 0.717) is 55.2 Å². The Morgan fingerprint density at radius 1 is 0.972 bits per heavy atom. The van der Waals surface area contributed by atoms with Crippen LogP contribution in [0.1, 0.15) is 41.3 Å². The molecule has 3 amide bonds. The van der Waals surface area contributed by atoms with Gasteiger partial charge >= 0.3 is 0 Å². The van der Waals surface area contributed by atoms with E-state index in [2.05, 4.69) is 10.6 Å². The predicted octanol–water partition coefficient (Wildman–Crippen LogP) is 2.49. The van der Waals surface area contributed by atoms with Crippen LogP contribution in [0, 0.1) is 6.92 Å². The predicted molar refractivity (Wildman–Crippen MR) is 136 cm³/mol. The van der Waals surface area contributed by atoms with Crippen LogP contribution < -0.4 is 24.8 Å². The third-order valence-corrected chi connectivity index (χ3v) is 6.29. The summed E-state index contributed by atoms with van der Waals surface area (Å²) in [7, 11) is 4.53. The van der Waals surface area contributed by atoms with E-state index in [4.69, 9.17) is 14.2 Å². The van der Waals surface area contributed by atoms with E-state index < -0.39 is 6.04 Å². The monoisotopic (exact) mass is 497 g/mol. The summed E-state index contributed by atoms with van der Waals surface area (Å²) in [6.45, 7) is 4.38. The molecule has 9 heteroatoms. The number of piperidine rings is 1. The van der Waals surface area contributed by atoms with Crippen molar-refractivity contribution in [2.45, 2.75) is 45.2 Å². The largest absolute Gasteiger partial charge is 0.493 e. The highest BCUT2D eigenvalue weighted by molar-refractivity contribution is 5.95. The van der Waals surface area contributed by atoms with Gasteiger partial charge < -0.3 is 29.7 Å². The summed E-state index contributed by atoms with van der Waals surface area (Å²) < 4.78 is 16.1. The van der Waals surface area contributed by atoms with Gasteiger partial charge in [0.05, 0.1) is 21.3 Å². The molecule has 1 fully saturated rings. The highest BCUT2D eigenvalue weighted by Crippen LogP contribution is 2.38. The van der Waals surface area contributed by atoms with E-state index >= 15 is 0 Å². The quantitative estimate of drug-likeness (QED) is 0.552. The molecule has 9 nitrogen and oxygen atoms in total. The van der Waals surface area contributed by atoms with Gasteiger partial charge in [-0.05, 0) is 37.5 Å². The minimum atomic E-state index is -0.663. The van der Waals surface area contributed by atoms with Crippen LogP contribution in [0.25, 0.3) is 0 Å². The lowest BCUT2D eigenvalue weighted by Crippen LogP contribution is -2.53. The zero-order valence-corrected chi connectivity index (χ0v) is 21.6. The van der Waals surface area contributed by atoms with Gasteiger partial charge in [0.1, 0.15) is 6.04 Å². The van der Waals surface area contributed by atoms with Gasteiger partial charge in [0.25, 0.3) is 5.91 Å². The van der Waals surface area contributed by atoms with E-state index in [-0.39, 0.29) is 23.8 Å². The molecule has 0 aromatic heterocycles. The maximum absolute atomic E-state index is 13.2. The number of nitrogens with zero attached hydrogens (tertiary/aromatic N) is 1.